The standard InChI is InChI=1S/C42H50F2N10O7/c1-23(2)53-22-42(43,44)40(60)50(3)32-21-45-41(49-35(32)53)47-30-12-5-24(19-33(30)61-4)36(56)46-25-6-8-26(9-7-25)51-15-17-52(18-16-51)27-10-11-28-29(20-27)39(59)54(38(28)58)31-13-14-34(55)48-37(31)57/h10-12,19-21,23-26,31H,5-9,13-18,22H2,1-4H3,(H,46,56)(H,45,47,49)(H,48,55,57). The molecule has 2 atom stereocenters. The lowest BCUT2D eigenvalue weighted by atomic mass is 9.89. The largest absolute Gasteiger partial charge is 0.495 e. The number of imide groups is 2. The maximum absolute atomic E-state index is 14.8. The van der Waals surface area contributed by atoms with Gasteiger partial charge in [-0.1, -0.05) is 6.08 Å². The van der Waals surface area contributed by atoms with E-state index < -0.39 is 54.0 Å². The van der Waals surface area contributed by atoms with E-state index in [-0.39, 0.29) is 59.4 Å². The van der Waals surface area contributed by atoms with Crippen LogP contribution in [0.1, 0.15) is 79.5 Å². The van der Waals surface area contributed by atoms with Crippen molar-refractivity contribution in [3.8, 4) is 0 Å². The molecule has 0 spiro atoms. The summed E-state index contributed by atoms with van der Waals surface area (Å²) in [4.78, 5) is 93.4. The summed E-state index contributed by atoms with van der Waals surface area (Å²) in [7, 11) is 2.78. The first kappa shape index (κ1) is 41.7. The average Bonchev–Trinajstić information content (AvgIpc) is 3.46. The SMILES string of the molecule is COC1=CC(C(=O)NC2CCC(N3CCN(c4ccc5c(c4)C(=O)N(C4CCC(=O)NC4=O)C5=O)CC3)CC2)CC=C1Nc1ncc2c(n1)N(C(C)C)CC(F)(F)C(=O)N2C. The highest BCUT2D eigenvalue weighted by Crippen LogP contribution is 2.37. The molecule has 61 heavy (non-hydrogen) atoms. The zero-order valence-electron chi connectivity index (χ0n) is 34.6. The zero-order valence-corrected chi connectivity index (χ0v) is 34.6. The van der Waals surface area contributed by atoms with Crippen LogP contribution in [0.2, 0.25) is 0 Å². The van der Waals surface area contributed by atoms with E-state index >= 15 is 0 Å². The number of piperazine rings is 1. The average molecular weight is 845 g/mol. The molecule has 19 heteroatoms. The number of anilines is 4. The maximum atomic E-state index is 14.8. The second-order valence-electron chi connectivity index (χ2n) is 16.7. The van der Waals surface area contributed by atoms with Gasteiger partial charge in [0.2, 0.25) is 23.7 Å². The lowest BCUT2D eigenvalue weighted by Gasteiger charge is -2.43. The third-order valence-corrected chi connectivity index (χ3v) is 12.7. The van der Waals surface area contributed by atoms with Crippen molar-refractivity contribution in [2.45, 2.75) is 88.9 Å². The Morgan fingerprint density at radius 2 is 1.70 bits per heavy atom. The molecule has 2 unspecified atom stereocenters. The van der Waals surface area contributed by atoms with Crippen LogP contribution in [0.25, 0.3) is 0 Å². The van der Waals surface area contributed by atoms with Crippen LogP contribution >= 0.6 is 0 Å². The summed E-state index contributed by atoms with van der Waals surface area (Å²) >= 11 is 0. The Balaban J connectivity index is 0.817. The molecule has 1 aromatic carbocycles. The van der Waals surface area contributed by atoms with E-state index in [2.05, 4.69) is 35.7 Å². The molecule has 1 aromatic heterocycles. The third-order valence-electron chi connectivity index (χ3n) is 12.7. The van der Waals surface area contributed by atoms with Crippen molar-refractivity contribution in [1.82, 2.24) is 30.4 Å². The number of rotatable bonds is 9. The van der Waals surface area contributed by atoms with Crippen LogP contribution in [0.4, 0.5) is 31.9 Å². The number of fused-ring (bicyclic) bond motifs is 2. The van der Waals surface area contributed by atoms with E-state index in [0.29, 0.717) is 23.9 Å². The van der Waals surface area contributed by atoms with Gasteiger partial charge in [0.25, 0.3) is 17.7 Å². The summed E-state index contributed by atoms with van der Waals surface area (Å²) in [5.41, 5.74) is 2.07. The number of hydrogen-bond donors (Lipinski definition) is 3. The number of ether oxygens (including phenoxy) is 1. The molecule has 5 heterocycles. The number of piperidine rings is 1. The fraction of sp³-hybridized carbons (Fsp3) is 0.524. The predicted octanol–water partition coefficient (Wildman–Crippen LogP) is 2.80. The normalized spacial score (nSPS) is 25.7. The molecule has 2 aliphatic carbocycles. The minimum atomic E-state index is -3.60. The Kier molecular flexibility index (Phi) is 11.3. The van der Waals surface area contributed by atoms with Gasteiger partial charge in [0, 0.05) is 63.5 Å². The number of benzene rings is 1. The molecule has 6 amide bonds. The quantitative estimate of drug-likeness (QED) is 0.313. The lowest BCUT2D eigenvalue weighted by Crippen LogP contribution is -2.54. The Bertz CT molecular complexity index is 2220. The molecular formula is C42H50F2N10O7. The smallest absolute Gasteiger partial charge is 0.342 e. The van der Waals surface area contributed by atoms with Crippen molar-refractivity contribution in [2.75, 3.05) is 66.9 Å². The summed E-state index contributed by atoms with van der Waals surface area (Å²) in [5, 5.41) is 8.59. The molecule has 3 fully saturated rings. The first-order valence-electron chi connectivity index (χ1n) is 20.8. The predicted molar refractivity (Wildman–Crippen MR) is 219 cm³/mol. The maximum Gasteiger partial charge on any atom is 0.342 e. The fourth-order valence-corrected chi connectivity index (χ4v) is 9.19. The molecule has 2 saturated heterocycles. The number of hydrogen-bond acceptors (Lipinski definition) is 13. The number of aromatic nitrogens is 2. The minimum absolute atomic E-state index is 0.0357. The highest BCUT2D eigenvalue weighted by molar-refractivity contribution is 6.23. The number of nitrogens with one attached hydrogen (secondary N) is 3. The second kappa shape index (κ2) is 16.5. The number of carbonyl (C=O) groups excluding carboxylic acids is 6. The van der Waals surface area contributed by atoms with Crippen molar-refractivity contribution < 1.29 is 42.3 Å². The second-order valence-corrected chi connectivity index (χ2v) is 16.7. The summed E-state index contributed by atoms with van der Waals surface area (Å²) in [6.45, 7) is 5.80. The number of alkyl halides is 2. The van der Waals surface area contributed by atoms with Gasteiger partial charge in [-0.2, -0.15) is 13.8 Å². The Hall–Kier alpha value is -5.98. The molecule has 1 saturated carbocycles. The van der Waals surface area contributed by atoms with Gasteiger partial charge in [0.1, 0.15) is 17.5 Å². The molecule has 0 radical (unpaired) electrons. The molecule has 3 N–H and O–H groups in total. The van der Waals surface area contributed by atoms with E-state index in [0.717, 1.165) is 67.3 Å². The summed E-state index contributed by atoms with van der Waals surface area (Å²) < 4.78 is 35.2. The van der Waals surface area contributed by atoms with Crippen LogP contribution < -0.4 is 30.7 Å². The van der Waals surface area contributed by atoms with Gasteiger partial charge in [-0.05, 0) is 76.6 Å². The van der Waals surface area contributed by atoms with Crippen molar-refractivity contribution in [3.63, 3.8) is 0 Å². The first-order valence-corrected chi connectivity index (χ1v) is 20.8. The summed E-state index contributed by atoms with van der Waals surface area (Å²) in [5.74, 6) is -6.83. The number of amides is 6. The number of halogens is 2. The molecule has 6 aliphatic rings. The van der Waals surface area contributed by atoms with Crippen molar-refractivity contribution in [1.29, 1.82) is 0 Å². The Morgan fingerprint density at radius 3 is 2.39 bits per heavy atom. The van der Waals surface area contributed by atoms with Crippen LogP contribution in [-0.2, 0) is 23.9 Å². The van der Waals surface area contributed by atoms with Crippen LogP contribution in [0.5, 0.6) is 0 Å². The van der Waals surface area contributed by atoms with Crippen molar-refractivity contribution in [2.24, 2.45) is 5.92 Å². The van der Waals surface area contributed by atoms with E-state index in [1.807, 2.05) is 12.1 Å². The molecule has 17 nitrogen and oxygen atoms in total. The van der Waals surface area contributed by atoms with Crippen molar-refractivity contribution >= 4 is 58.6 Å². The van der Waals surface area contributed by atoms with Crippen LogP contribution in [-0.4, -0.2) is 132 Å². The van der Waals surface area contributed by atoms with Crippen LogP contribution in [0.3, 0.4) is 0 Å². The zero-order chi connectivity index (χ0) is 43.3. The van der Waals surface area contributed by atoms with Gasteiger partial charge in [-0.25, -0.2) is 4.98 Å². The van der Waals surface area contributed by atoms with Crippen molar-refractivity contribution in [3.05, 3.63) is 59.1 Å². The van der Waals surface area contributed by atoms with Gasteiger partial charge >= 0.3 is 5.92 Å². The summed E-state index contributed by atoms with van der Waals surface area (Å²) in [6, 6.07) is 4.26. The number of methoxy groups -OCH3 is 1. The molecule has 8 rings (SSSR count). The summed E-state index contributed by atoms with van der Waals surface area (Å²) in [6.07, 6.45) is 9.04. The highest BCUT2D eigenvalue weighted by atomic mass is 19.3. The number of nitrogens with zero attached hydrogens (tertiary/aromatic N) is 7. The van der Waals surface area contributed by atoms with Crippen LogP contribution in [0, 0.1) is 5.92 Å². The van der Waals surface area contributed by atoms with E-state index in [1.54, 1.807) is 32.1 Å². The van der Waals surface area contributed by atoms with E-state index in [4.69, 9.17) is 4.74 Å². The molecule has 4 aliphatic heterocycles. The molecule has 324 valence electrons. The molecular weight excluding hydrogens is 795 g/mol. The van der Waals surface area contributed by atoms with E-state index in [1.165, 1.54) is 25.3 Å². The molecule has 0 bridgehead atoms. The molecule has 2 aromatic rings. The fourth-order valence-electron chi connectivity index (χ4n) is 9.19. The third kappa shape index (κ3) is 8.02. The van der Waals surface area contributed by atoms with Gasteiger partial charge in [0.05, 0.1) is 42.6 Å². The highest BCUT2D eigenvalue weighted by Gasteiger charge is 2.48. The Labute approximate surface area is 351 Å². The van der Waals surface area contributed by atoms with Gasteiger partial charge in [0.15, 0.2) is 5.82 Å². The monoisotopic (exact) mass is 844 g/mol. The topological polar surface area (TPSA) is 190 Å². The number of allylic oxidation sites excluding steroid dienone is 1. The van der Waals surface area contributed by atoms with E-state index in [9.17, 15) is 37.5 Å². The van der Waals surface area contributed by atoms with Gasteiger partial charge < -0.3 is 30.1 Å². The van der Waals surface area contributed by atoms with Gasteiger partial charge in [-0.3, -0.25) is 43.9 Å². The minimum Gasteiger partial charge on any atom is -0.495 e. The first-order chi connectivity index (χ1) is 29.1. The van der Waals surface area contributed by atoms with Crippen LogP contribution in [0.15, 0.2) is 48.0 Å². The number of carbonyl (C=O) groups is 6. The lowest BCUT2D eigenvalue weighted by molar-refractivity contribution is -0.140. The Morgan fingerprint density at radius 1 is 0.984 bits per heavy atom. The van der Waals surface area contributed by atoms with Gasteiger partial charge in [-0.15, -0.1) is 0 Å².